The second-order valence-electron chi connectivity index (χ2n) is 6.54. The highest BCUT2D eigenvalue weighted by Crippen LogP contribution is 2.31. The van der Waals surface area contributed by atoms with Gasteiger partial charge in [-0.05, 0) is 11.6 Å². The standard InChI is InChI=1S/C22H20N6O/c1-28-18(29)13-12-17(27-28)20-19(16-10-6-3-7-11-16)25-21(23)22(26-20)24-14-15-8-4-2-5-9-15/h2-13H,14H2,1H3,(H2,23,25)(H,24,26). The Kier molecular flexibility index (Phi) is 5.03. The van der Waals surface area contributed by atoms with Crippen molar-refractivity contribution in [3.8, 4) is 22.6 Å². The average molecular weight is 384 g/mol. The summed E-state index contributed by atoms with van der Waals surface area (Å²) >= 11 is 0. The summed E-state index contributed by atoms with van der Waals surface area (Å²) in [5, 5.41) is 7.60. The minimum Gasteiger partial charge on any atom is -0.381 e. The van der Waals surface area contributed by atoms with E-state index < -0.39 is 0 Å². The number of nitrogen functional groups attached to an aromatic ring is 1. The summed E-state index contributed by atoms with van der Waals surface area (Å²) in [5.41, 5.74) is 9.69. The van der Waals surface area contributed by atoms with E-state index in [0.29, 0.717) is 35.3 Å². The molecule has 4 rings (SSSR count). The van der Waals surface area contributed by atoms with Crippen molar-refractivity contribution >= 4 is 11.6 Å². The zero-order chi connectivity index (χ0) is 20.2. The predicted octanol–water partition coefficient (Wildman–Crippen LogP) is 3.10. The van der Waals surface area contributed by atoms with Gasteiger partial charge in [-0.15, -0.1) is 0 Å². The van der Waals surface area contributed by atoms with Gasteiger partial charge in [0.15, 0.2) is 11.6 Å². The van der Waals surface area contributed by atoms with Gasteiger partial charge in [-0.3, -0.25) is 4.79 Å². The molecule has 2 heterocycles. The van der Waals surface area contributed by atoms with Crippen LogP contribution < -0.4 is 16.6 Å². The lowest BCUT2D eigenvalue weighted by Gasteiger charge is -2.14. The van der Waals surface area contributed by atoms with E-state index in [1.807, 2.05) is 60.7 Å². The van der Waals surface area contributed by atoms with Crippen molar-refractivity contribution < 1.29 is 0 Å². The van der Waals surface area contributed by atoms with Crippen LogP contribution in [-0.2, 0) is 13.6 Å². The fourth-order valence-electron chi connectivity index (χ4n) is 2.96. The normalized spacial score (nSPS) is 10.7. The van der Waals surface area contributed by atoms with Crippen LogP contribution in [0.25, 0.3) is 22.6 Å². The second-order valence-corrected chi connectivity index (χ2v) is 6.54. The monoisotopic (exact) mass is 384 g/mol. The van der Waals surface area contributed by atoms with E-state index in [1.54, 1.807) is 13.1 Å². The van der Waals surface area contributed by atoms with E-state index in [-0.39, 0.29) is 5.56 Å². The van der Waals surface area contributed by atoms with Gasteiger partial charge in [0.25, 0.3) is 5.56 Å². The quantitative estimate of drug-likeness (QED) is 0.549. The van der Waals surface area contributed by atoms with Crippen molar-refractivity contribution in [3.63, 3.8) is 0 Å². The summed E-state index contributed by atoms with van der Waals surface area (Å²) in [6, 6.07) is 22.7. The van der Waals surface area contributed by atoms with E-state index in [1.165, 1.54) is 10.7 Å². The fraction of sp³-hybridized carbons (Fsp3) is 0.0909. The first-order valence-corrected chi connectivity index (χ1v) is 9.17. The largest absolute Gasteiger partial charge is 0.381 e. The molecule has 0 unspecified atom stereocenters. The molecule has 29 heavy (non-hydrogen) atoms. The Morgan fingerprint density at radius 2 is 1.59 bits per heavy atom. The molecule has 144 valence electrons. The number of nitrogens with zero attached hydrogens (tertiary/aromatic N) is 4. The van der Waals surface area contributed by atoms with Crippen LogP contribution in [0.2, 0.25) is 0 Å². The summed E-state index contributed by atoms with van der Waals surface area (Å²) in [4.78, 5) is 21.1. The lowest BCUT2D eigenvalue weighted by molar-refractivity contribution is 0.711. The third-order valence-electron chi connectivity index (χ3n) is 4.48. The summed E-state index contributed by atoms with van der Waals surface area (Å²) < 4.78 is 1.28. The molecule has 0 fully saturated rings. The molecule has 0 aliphatic carbocycles. The van der Waals surface area contributed by atoms with E-state index in [9.17, 15) is 4.79 Å². The number of aromatic nitrogens is 4. The summed E-state index contributed by atoms with van der Waals surface area (Å²) in [5.74, 6) is 0.771. The highest BCUT2D eigenvalue weighted by molar-refractivity contribution is 5.79. The molecule has 2 aromatic heterocycles. The van der Waals surface area contributed by atoms with Gasteiger partial charge in [-0.2, -0.15) is 5.10 Å². The van der Waals surface area contributed by atoms with Gasteiger partial charge in [0.1, 0.15) is 17.1 Å². The Bertz CT molecular complexity index is 1190. The average Bonchev–Trinajstić information content (AvgIpc) is 2.76. The fourth-order valence-corrected chi connectivity index (χ4v) is 2.96. The molecule has 0 saturated heterocycles. The molecule has 0 amide bonds. The van der Waals surface area contributed by atoms with Crippen molar-refractivity contribution in [1.29, 1.82) is 0 Å². The van der Waals surface area contributed by atoms with Crippen molar-refractivity contribution in [1.82, 2.24) is 19.7 Å². The van der Waals surface area contributed by atoms with Crippen LogP contribution in [0.15, 0.2) is 77.6 Å². The highest BCUT2D eigenvalue weighted by atomic mass is 16.1. The molecular weight excluding hydrogens is 364 g/mol. The Morgan fingerprint density at radius 1 is 0.897 bits per heavy atom. The summed E-state index contributed by atoms with van der Waals surface area (Å²) in [6.07, 6.45) is 0. The maximum Gasteiger partial charge on any atom is 0.266 e. The first-order chi connectivity index (χ1) is 14.1. The highest BCUT2D eigenvalue weighted by Gasteiger charge is 2.17. The lowest BCUT2D eigenvalue weighted by atomic mass is 10.1. The number of hydrogen-bond donors (Lipinski definition) is 2. The molecule has 0 spiro atoms. The number of aryl methyl sites for hydroxylation is 1. The Hall–Kier alpha value is -4.00. The molecule has 0 saturated carbocycles. The van der Waals surface area contributed by atoms with Crippen LogP contribution in [0.1, 0.15) is 5.56 Å². The first kappa shape index (κ1) is 18.4. The van der Waals surface area contributed by atoms with Crippen LogP contribution in [-0.4, -0.2) is 19.7 Å². The van der Waals surface area contributed by atoms with Crippen LogP contribution in [0, 0.1) is 0 Å². The minimum absolute atomic E-state index is 0.194. The lowest BCUT2D eigenvalue weighted by Crippen LogP contribution is -2.18. The number of rotatable bonds is 5. The van der Waals surface area contributed by atoms with E-state index in [0.717, 1.165) is 11.1 Å². The van der Waals surface area contributed by atoms with Gasteiger partial charge in [0, 0.05) is 25.2 Å². The Labute approximate surface area is 167 Å². The zero-order valence-corrected chi connectivity index (χ0v) is 15.9. The third-order valence-corrected chi connectivity index (χ3v) is 4.48. The molecule has 7 nitrogen and oxygen atoms in total. The number of benzene rings is 2. The smallest absolute Gasteiger partial charge is 0.266 e. The van der Waals surface area contributed by atoms with Crippen molar-refractivity contribution in [2.45, 2.75) is 6.54 Å². The molecule has 0 bridgehead atoms. The molecule has 0 aliphatic rings. The van der Waals surface area contributed by atoms with Crippen molar-refractivity contribution in [3.05, 3.63) is 88.7 Å². The second kappa shape index (κ2) is 7.93. The molecule has 7 heteroatoms. The third kappa shape index (κ3) is 3.98. The van der Waals surface area contributed by atoms with Gasteiger partial charge in [0.05, 0.1) is 0 Å². The van der Waals surface area contributed by atoms with E-state index in [4.69, 9.17) is 10.7 Å². The SMILES string of the molecule is Cn1nc(-c2nc(NCc3ccccc3)c(N)nc2-c2ccccc2)ccc1=O. The van der Waals surface area contributed by atoms with Gasteiger partial charge in [0.2, 0.25) is 0 Å². The van der Waals surface area contributed by atoms with Crippen LogP contribution in [0.3, 0.4) is 0 Å². The molecule has 3 N–H and O–H groups in total. The molecule has 0 radical (unpaired) electrons. The van der Waals surface area contributed by atoms with Gasteiger partial charge in [-0.25, -0.2) is 14.6 Å². The Balaban J connectivity index is 1.80. The Morgan fingerprint density at radius 3 is 2.28 bits per heavy atom. The maximum absolute atomic E-state index is 11.8. The van der Waals surface area contributed by atoms with E-state index >= 15 is 0 Å². The molecule has 4 aromatic rings. The van der Waals surface area contributed by atoms with Crippen molar-refractivity contribution in [2.75, 3.05) is 11.1 Å². The van der Waals surface area contributed by atoms with Gasteiger partial charge < -0.3 is 11.1 Å². The van der Waals surface area contributed by atoms with Crippen LogP contribution in [0.4, 0.5) is 11.6 Å². The number of anilines is 2. The molecule has 0 atom stereocenters. The number of hydrogen-bond acceptors (Lipinski definition) is 6. The molecule has 0 aliphatic heterocycles. The molecule has 2 aromatic carbocycles. The van der Waals surface area contributed by atoms with Crippen LogP contribution in [0.5, 0.6) is 0 Å². The number of nitrogens with two attached hydrogens (primary N) is 1. The minimum atomic E-state index is -0.194. The van der Waals surface area contributed by atoms with Crippen LogP contribution >= 0.6 is 0 Å². The van der Waals surface area contributed by atoms with E-state index in [2.05, 4.69) is 15.4 Å². The number of nitrogens with one attached hydrogen (secondary N) is 1. The summed E-state index contributed by atoms with van der Waals surface area (Å²) in [7, 11) is 1.60. The van der Waals surface area contributed by atoms with Gasteiger partial charge >= 0.3 is 0 Å². The zero-order valence-electron chi connectivity index (χ0n) is 15.9. The molecular formula is C22H20N6O. The van der Waals surface area contributed by atoms with Gasteiger partial charge in [-0.1, -0.05) is 60.7 Å². The van der Waals surface area contributed by atoms with Crippen molar-refractivity contribution in [2.24, 2.45) is 7.05 Å². The topological polar surface area (TPSA) is 98.7 Å². The maximum atomic E-state index is 11.8. The predicted molar refractivity (Wildman–Crippen MR) is 114 cm³/mol. The summed E-state index contributed by atoms with van der Waals surface area (Å²) in [6.45, 7) is 0.560. The first-order valence-electron chi connectivity index (χ1n) is 9.17.